The van der Waals surface area contributed by atoms with Crippen LogP contribution in [0.2, 0.25) is 0 Å². The second kappa shape index (κ2) is 3.32. The van der Waals surface area contributed by atoms with Crippen LogP contribution >= 0.6 is 0 Å². The molecule has 0 aromatic heterocycles. The van der Waals surface area contributed by atoms with E-state index in [1.807, 2.05) is 14.0 Å². The maximum absolute atomic E-state index is 8.77. The fourth-order valence-corrected chi connectivity index (χ4v) is 1.38. The molecule has 0 spiro atoms. The maximum Gasteiger partial charge on any atom is 0.0936 e. The predicted molar refractivity (Wildman–Crippen MR) is 38.9 cm³/mol. The molecule has 0 aromatic carbocycles. The van der Waals surface area contributed by atoms with E-state index in [-0.39, 0.29) is 18.8 Å². The average molecular weight is 145 g/mol. The van der Waals surface area contributed by atoms with Gasteiger partial charge in [-0.15, -0.1) is 0 Å². The summed E-state index contributed by atoms with van der Waals surface area (Å²) in [6.07, 6.45) is 0.282. The van der Waals surface area contributed by atoms with Crippen LogP contribution in [0.25, 0.3) is 0 Å². The van der Waals surface area contributed by atoms with Crippen LogP contribution in [0.3, 0.4) is 0 Å². The molecule has 1 rings (SSSR count). The summed E-state index contributed by atoms with van der Waals surface area (Å²) in [6, 6.07) is 0. The Morgan fingerprint density at radius 1 is 1.60 bits per heavy atom. The first-order valence-electron chi connectivity index (χ1n) is 3.67. The number of ether oxygens (including phenoxy) is 1. The molecule has 0 saturated carbocycles. The van der Waals surface area contributed by atoms with Crippen LogP contribution in [0.5, 0.6) is 0 Å². The molecule has 3 nitrogen and oxygen atoms in total. The first kappa shape index (κ1) is 7.98. The molecule has 1 N–H and O–H groups in total. The van der Waals surface area contributed by atoms with E-state index >= 15 is 0 Å². The van der Waals surface area contributed by atoms with E-state index in [0.717, 1.165) is 13.1 Å². The number of hydrogen-bond donors (Lipinski definition) is 1. The quantitative estimate of drug-likeness (QED) is 0.550. The van der Waals surface area contributed by atoms with E-state index in [0.29, 0.717) is 0 Å². The van der Waals surface area contributed by atoms with Gasteiger partial charge in [0.2, 0.25) is 0 Å². The highest BCUT2D eigenvalue weighted by Gasteiger charge is 2.21. The Morgan fingerprint density at radius 2 is 2.30 bits per heavy atom. The third kappa shape index (κ3) is 1.94. The van der Waals surface area contributed by atoms with Gasteiger partial charge in [0.25, 0.3) is 0 Å². The Morgan fingerprint density at radius 3 is 2.80 bits per heavy atom. The molecule has 0 unspecified atom stereocenters. The third-order valence-corrected chi connectivity index (χ3v) is 1.71. The van der Waals surface area contributed by atoms with Crippen molar-refractivity contribution in [3.8, 4) is 0 Å². The summed E-state index contributed by atoms with van der Waals surface area (Å²) in [4.78, 5) is 2.18. The molecule has 1 aliphatic heterocycles. The molecule has 2 atom stereocenters. The van der Waals surface area contributed by atoms with Crippen molar-refractivity contribution >= 4 is 0 Å². The lowest BCUT2D eigenvalue weighted by Gasteiger charge is -2.33. The topological polar surface area (TPSA) is 32.7 Å². The largest absolute Gasteiger partial charge is 0.394 e. The van der Waals surface area contributed by atoms with Gasteiger partial charge in [-0.3, -0.25) is 0 Å². The zero-order valence-electron chi connectivity index (χ0n) is 6.58. The summed E-state index contributed by atoms with van der Waals surface area (Å²) in [5.74, 6) is 0. The van der Waals surface area contributed by atoms with Crippen LogP contribution in [-0.4, -0.2) is 49.0 Å². The van der Waals surface area contributed by atoms with Crippen molar-refractivity contribution in [2.24, 2.45) is 0 Å². The van der Waals surface area contributed by atoms with Crippen LogP contribution in [0.15, 0.2) is 0 Å². The zero-order valence-corrected chi connectivity index (χ0v) is 6.58. The fourth-order valence-electron chi connectivity index (χ4n) is 1.38. The molecular weight excluding hydrogens is 130 g/mol. The van der Waals surface area contributed by atoms with Gasteiger partial charge in [0.1, 0.15) is 0 Å². The van der Waals surface area contributed by atoms with E-state index in [1.54, 1.807) is 0 Å². The van der Waals surface area contributed by atoms with Crippen LogP contribution in [-0.2, 0) is 4.74 Å². The standard InChI is InChI=1S/C7H15NO2/c1-6-3-8(2)4-7(5-9)10-6/h6-7,9H,3-5H2,1-2H3/t6-,7+/m0/s1. The van der Waals surface area contributed by atoms with Crippen molar-refractivity contribution in [3.05, 3.63) is 0 Å². The Labute approximate surface area is 61.6 Å². The second-order valence-electron chi connectivity index (χ2n) is 2.97. The lowest BCUT2D eigenvalue weighted by molar-refractivity contribution is -0.0887. The molecule has 3 heteroatoms. The predicted octanol–water partition coefficient (Wildman–Crippen LogP) is -0.302. The first-order valence-corrected chi connectivity index (χ1v) is 3.67. The van der Waals surface area contributed by atoms with Crippen molar-refractivity contribution in [2.45, 2.75) is 19.1 Å². The van der Waals surface area contributed by atoms with Gasteiger partial charge in [-0.1, -0.05) is 0 Å². The van der Waals surface area contributed by atoms with Gasteiger partial charge in [0.05, 0.1) is 18.8 Å². The minimum absolute atomic E-state index is 0.0220. The monoisotopic (exact) mass is 145 g/mol. The normalized spacial score (nSPS) is 36.3. The van der Waals surface area contributed by atoms with Crippen LogP contribution in [0.1, 0.15) is 6.92 Å². The highest BCUT2D eigenvalue weighted by molar-refractivity contribution is 4.72. The van der Waals surface area contributed by atoms with E-state index in [9.17, 15) is 0 Å². The van der Waals surface area contributed by atoms with Crippen LogP contribution in [0, 0.1) is 0 Å². The Kier molecular flexibility index (Phi) is 2.65. The van der Waals surface area contributed by atoms with Gasteiger partial charge in [0.15, 0.2) is 0 Å². The van der Waals surface area contributed by atoms with Crippen molar-refractivity contribution in [1.29, 1.82) is 0 Å². The smallest absolute Gasteiger partial charge is 0.0936 e. The lowest BCUT2D eigenvalue weighted by atomic mass is 10.2. The van der Waals surface area contributed by atoms with Crippen molar-refractivity contribution in [3.63, 3.8) is 0 Å². The van der Waals surface area contributed by atoms with Gasteiger partial charge in [-0.05, 0) is 14.0 Å². The second-order valence-corrected chi connectivity index (χ2v) is 2.97. The maximum atomic E-state index is 8.77. The average Bonchev–Trinajstić information content (AvgIpc) is 1.85. The number of nitrogens with zero attached hydrogens (tertiary/aromatic N) is 1. The van der Waals surface area contributed by atoms with E-state index in [2.05, 4.69) is 4.90 Å². The fraction of sp³-hybridized carbons (Fsp3) is 1.00. The van der Waals surface area contributed by atoms with E-state index in [1.165, 1.54) is 0 Å². The summed E-state index contributed by atoms with van der Waals surface area (Å²) in [6.45, 7) is 3.98. The van der Waals surface area contributed by atoms with E-state index < -0.39 is 0 Å². The number of hydrogen-bond acceptors (Lipinski definition) is 3. The molecule has 0 aliphatic carbocycles. The Hall–Kier alpha value is -0.120. The molecule has 1 fully saturated rings. The molecular formula is C7H15NO2. The number of morpholine rings is 1. The van der Waals surface area contributed by atoms with Crippen molar-refractivity contribution in [1.82, 2.24) is 4.90 Å². The SMILES string of the molecule is C[C@H]1CN(C)C[C@H](CO)O1. The molecule has 60 valence electrons. The summed E-state index contributed by atoms with van der Waals surface area (Å²) < 4.78 is 5.41. The zero-order chi connectivity index (χ0) is 7.56. The molecule has 0 amide bonds. The first-order chi connectivity index (χ1) is 4.72. The molecule has 1 saturated heterocycles. The summed E-state index contributed by atoms with van der Waals surface area (Å²) in [5, 5.41) is 8.77. The summed E-state index contributed by atoms with van der Waals surface area (Å²) in [5.41, 5.74) is 0. The number of likely N-dealkylation sites (N-methyl/N-ethyl adjacent to an activating group) is 1. The molecule has 1 aliphatic rings. The van der Waals surface area contributed by atoms with Crippen molar-refractivity contribution < 1.29 is 9.84 Å². The number of rotatable bonds is 1. The molecule has 1 heterocycles. The molecule has 0 bridgehead atoms. The van der Waals surface area contributed by atoms with Gasteiger partial charge >= 0.3 is 0 Å². The molecule has 10 heavy (non-hydrogen) atoms. The third-order valence-electron chi connectivity index (χ3n) is 1.71. The van der Waals surface area contributed by atoms with Gasteiger partial charge < -0.3 is 14.7 Å². The number of aliphatic hydroxyl groups is 1. The minimum Gasteiger partial charge on any atom is -0.394 e. The molecule has 0 radical (unpaired) electrons. The van der Waals surface area contributed by atoms with E-state index in [4.69, 9.17) is 9.84 Å². The van der Waals surface area contributed by atoms with Gasteiger partial charge in [0, 0.05) is 13.1 Å². The van der Waals surface area contributed by atoms with Crippen molar-refractivity contribution in [2.75, 3.05) is 26.7 Å². The number of aliphatic hydroxyl groups excluding tert-OH is 1. The van der Waals surface area contributed by atoms with Crippen LogP contribution < -0.4 is 0 Å². The lowest BCUT2D eigenvalue weighted by Crippen LogP contribution is -2.45. The molecule has 0 aromatic rings. The highest BCUT2D eigenvalue weighted by atomic mass is 16.5. The minimum atomic E-state index is 0.0220. The van der Waals surface area contributed by atoms with Gasteiger partial charge in [-0.25, -0.2) is 0 Å². The summed E-state index contributed by atoms with van der Waals surface area (Å²) in [7, 11) is 2.04. The van der Waals surface area contributed by atoms with Crippen LogP contribution in [0.4, 0.5) is 0 Å². The Bertz CT molecular complexity index is 97.8. The highest BCUT2D eigenvalue weighted by Crippen LogP contribution is 2.07. The Balaban J connectivity index is 2.35. The summed E-state index contributed by atoms with van der Waals surface area (Å²) >= 11 is 0. The van der Waals surface area contributed by atoms with Gasteiger partial charge in [-0.2, -0.15) is 0 Å².